The number of nitrogens with one attached hydrogen (secondary N) is 2. The molecule has 1 aromatic carbocycles. The summed E-state index contributed by atoms with van der Waals surface area (Å²) in [6, 6.07) is 3.85. The van der Waals surface area contributed by atoms with E-state index >= 15 is 0 Å². The van der Waals surface area contributed by atoms with Gasteiger partial charge in [-0.3, -0.25) is 0 Å². The third-order valence-corrected chi connectivity index (χ3v) is 5.13. The van der Waals surface area contributed by atoms with Crippen LogP contribution in [0.1, 0.15) is 49.8 Å². The molecule has 120 valence electrons. The lowest BCUT2D eigenvalue weighted by molar-refractivity contribution is 0.577. The maximum Gasteiger partial charge on any atom is 0.240 e. The summed E-state index contributed by atoms with van der Waals surface area (Å²) in [5, 5.41) is 3.31. The first-order valence-corrected chi connectivity index (χ1v) is 9.21. The van der Waals surface area contributed by atoms with Crippen LogP contribution >= 0.6 is 0 Å². The molecule has 1 aromatic rings. The van der Waals surface area contributed by atoms with Gasteiger partial charge in [0, 0.05) is 13.1 Å². The topological polar surface area (TPSA) is 58.2 Å². The average Bonchev–Trinajstić information content (AvgIpc) is 2.42. The molecule has 0 aromatic heterocycles. The first-order valence-electron chi connectivity index (χ1n) is 7.72. The fourth-order valence-electron chi connectivity index (χ4n) is 2.15. The van der Waals surface area contributed by atoms with Gasteiger partial charge in [0.15, 0.2) is 0 Å². The van der Waals surface area contributed by atoms with Gasteiger partial charge in [0.1, 0.15) is 0 Å². The molecule has 0 saturated carbocycles. The maximum atomic E-state index is 12.4. The Morgan fingerprint density at radius 2 is 1.76 bits per heavy atom. The second kappa shape index (κ2) is 8.51. The Kier molecular flexibility index (Phi) is 7.35. The van der Waals surface area contributed by atoms with Crippen molar-refractivity contribution in [1.82, 2.24) is 10.0 Å². The third-order valence-electron chi connectivity index (χ3n) is 3.55. The molecule has 0 atom stereocenters. The molecular formula is C16H28N2O2S. The molecule has 1 rings (SSSR count). The van der Waals surface area contributed by atoms with Crippen molar-refractivity contribution >= 4 is 10.0 Å². The normalized spacial score (nSPS) is 11.8. The minimum absolute atomic E-state index is 0.409. The van der Waals surface area contributed by atoms with Crippen LogP contribution in [-0.2, 0) is 16.6 Å². The van der Waals surface area contributed by atoms with Crippen LogP contribution in [0.2, 0.25) is 0 Å². The molecule has 0 fully saturated rings. The number of unbranched alkanes of at least 4 members (excludes halogenated alkanes) is 1. The number of aryl methyl sites for hydroxylation is 1. The van der Waals surface area contributed by atoms with Gasteiger partial charge in [-0.15, -0.1) is 0 Å². The van der Waals surface area contributed by atoms with Crippen LogP contribution in [-0.4, -0.2) is 21.5 Å². The highest BCUT2D eigenvalue weighted by Crippen LogP contribution is 2.21. The number of hydrogen-bond acceptors (Lipinski definition) is 3. The summed E-state index contributed by atoms with van der Waals surface area (Å²) < 4.78 is 27.6. The third kappa shape index (κ3) is 5.41. The van der Waals surface area contributed by atoms with Crippen LogP contribution in [0.4, 0.5) is 0 Å². The van der Waals surface area contributed by atoms with E-state index in [-0.39, 0.29) is 0 Å². The van der Waals surface area contributed by atoms with Gasteiger partial charge in [0.2, 0.25) is 10.0 Å². The second-order valence-corrected chi connectivity index (χ2v) is 7.20. The molecule has 21 heavy (non-hydrogen) atoms. The predicted octanol–water partition coefficient (Wildman–Crippen LogP) is 2.88. The maximum absolute atomic E-state index is 12.4. The average molecular weight is 312 g/mol. The molecular weight excluding hydrogens is 284 g/mol. The van der Waals surface area contributed by atoms with Crippen molar-refractivity contribution in [2.24, 2.45) is 0 Å². The molecule has 0 aliphatic carbocycles. The van der Waals surface area contributed by atoms with E-state index in [1.54, 1.807) is 6.07 Å². The first kappa shape index (κ1) is 18.1. The van der Waals surface area contributed by atoms with Gasteiger partial charge in [-0.25, -0.2) is 13.1 Å². The zero-order valence-corrected chi connectivity index (χ0v) is 14.4. The van der Waals surface area contributed by atoms with E-state index in [4.69, 9.17) is 0 Å². The Labute approximate surface area is 129 Å². The van der Waals surface area contributed by atoms with E-state index in [9.17, 15) is 8.42 Å². The highest BCUT2D eigenvalue weighted by Gasteiger charge is 2.18. The highest BCUT2D eigenvalue weighted by molar-refractivity contribution is 7.89. The van der Waals surface area contributed by atoms with Gasteiger partial charge in [-0.05, 0) is 56.0 Å². The number of benzene rings is 1. The monoisotopic (exact) mass is 312 g/mol. The molecule has 0 bridgehead atoms. The molecule has 0 unspecified atom stereocenters. The van der Waals surface area contributed by atoms with Gasteiger partial charge in [0.05, 0.1) is 4.90 Å². The van der Waals surface area contributed by atoms with E-state index in [1.807, 2.05) is 20.8 Å². The summed E-state index contributed by atoms with van der Waals surface area (Å²) in [5.74, 6) is 0. The molecule has 0 heterocycles. The fourth-order valence-corrected chi connectivity index (χ4v) is 3.59. The zero-order valence-electron chi connectivity index (χ0n) is 13.6. The largest absolute Gasteiger partial charge is 0.313 e. The molecule has 5 heteroatoms. The molecule has 0 radical (unpaired) electrons. The highest BCUT2D eigenvalue weighted by atomic mass is 32.2. The van der Waals surface area contributed by atoms with Crippen molar-refractivity contribution in [3.8, 4) is 0 Å². The van der Waals surface area contributed by atoms with Gasteiger partial charge in [-0.1, -0.05) is 26.3 Å². The van der Waals surface area contributed by atoms with Crippen LogP contribution < -0.4 is 10.0 Å². The number of hydrogen-bond donors (Lipinski definition) is 2. The zero-order chi connectivity index (χ0) is 15.9. The van der Waals surface area contributed by atoms with Crippen LogP contribution in [0, 0.1) is 13.8 Å². The van der Waals surface area contributed by atoms with Crippen molar-refractivity contribution in [3.63, 3.8) is 0 Å². The lowest BCUT2D eigenvalue weighted by atomic mass is 10.1. The summed E-state index contributed by atoms with van der Waals surface area (Å²) in [7, 11) is -3.42. The summed E-state index contributed by atoms with van der Waals surface area (Å²) >= 11 is 0. The van der Waals surface area contributed by atoms with Crippen molar-refractivity contribution in [3.05, 3.63) is 28.8 Å². The van der Waals surface area contributed by atoms with Crippen molar-refractivity contribution in [2.45, 2.75) is 58.4 Å². The SMILES string of the molecule is CCCCNS(=O)(=O)c1cc(CNCCC)cc(C)c1C. The smallest absolute Gasteiger partial charge is 0.240 e. The molecule has 0 saturated heterocycles. The Bertz CT molecular complexity index is 554. The van der Waals surface area contributed by atoms with E-state index in [1.165, 1.54) is 0 Å². The summed E-state index contributed by atoms with van der Waals surface area (Å²) in [6.07, 6.45) is 2.89. The molecule has 0 aliphatic heterocycles. The molecule has 2 N–H and O–H groups in total. The van der Waals surface area contributed by atoms with Gasteiger partial charge in [0.25, 0.3) is 0 Å². The molecule has 4 nitrogen and oxygen atoms in total. The minimum atomic E-state index is -3.42. The van der Waals surface area contributed by atoms with E-state index in [0.29, 0.717) is 18.0 Å². The molecule has 0 aliphatic rings. The van der Waals surface area contributed by atoms with Crippen LogP contribution in [0.3, 0.4) is 0 Å². The van der Waals surface area contributed by atoms with Crippen molar-refractivity contribution in [1.29, 1.82) is 0 Å². The summed E-state index contributed by atoms with van der Waals surface area (Å²) in [6.45, 7) is 10.1. The Morgan fingerprint density at radius 1 is 1.05 bits per heavy atom. The van der Waals surface area contributed by atoms with E-state index in [0.717, 1.165) is 42.5 Å². The van der Waals surface area contributed by atoms with Gasteiger partial charge < -0.3 is 5.32 Å². The quantitative estimate of drug-likeness (QED) is 0.689. The standard InChI is InChI=1S/C16H28N2O2S/c1-5-7-9-18-21(19,20)16-11-15(12-17-8-6-2)10-13(3)14(16)4/h10-11,17-18H,5-9,12H2,1-4H3. The van der Waals surface area contributed by atoms with Crippen molar-refractivity contribution < 1.29 is 8.42 Å². The van der Waals surface area contributed by atoms with Crippen LogP contribution in [0.15, 0.2) is 17.0 Å². The van der Waals surface area contributed by atoms with Crippen LogP contribution in [0.25, 0.3) is 0 Å². The lowest BCUT2D eigenvalue weighted by Crippen LogP contribution is -2.26. The van der Waals surface area contributed by atoms with Crippen molar-refractivity contribution in [2.75, 3.05) is 13.1 Å². The van der Waals surface area contributed by atoms with Gasteiger partial charge in [-0.2, -0.15) is 0 Å². The molecule has 0 spiro atoms. The summed E-state index contributed by atoms with van der Waals surface area (Å²) in [5.41, 5.74) is 2.86. The van der Waals surface area contributed by atoms with Crippen LogP contribution in [0.5, 0.6) is 0 Å². The fraction of sp³-hybridized carbons (Fsp3) is 0.625. The Morgan fingerprint density at radius 3 is 2.38 bits per heavy atom. The Balaban J connectivity index is 2.99. The molecule has 0 amide bonds. The predicted molar refractivity (Wildman–Crippen MR) is 88.0 cm³/mol. The van der Waals surface area contributed by atoms with E-state index in [2.05, 4.69) is 23.0 Å². The lowest BCUT2D eigenvalue weighted by Gasteiger charge is -2.14. The van der Waals surface area contributed by atoms with E-state index < -0.39 is 10.0 Å². The first-order chi connectivity index (χ1) is 9.92. The van der Waals surface area contributed by atoms with Gasteiger partial charge >= 0.3 is 0 Å². The number of rotatable bonds is 9. The Hall–Kier alpha value is -0.910. The minimum Gasteiger partial charge on any atom is -0.313 e. The second-order valence-electron chi connectivity index (χ2n) is 5.46. The number of sulfonamides is 1. The summed E-state index contributed by atoms with van der Waals surface area (Å²) in [4.78, 5) is 0.409.